The largest absolute Gasteiger partial charge is 0.351 e. The molecule has 16 heavy (non-hydrogen) atoms. The number of carbonyl (C=O) groups excluding carboxylic acids is 1. The second-order valence-corrected chi connectivity index (χ2v) is 3.90. The molecule has 1 aromatic heterocycles. The zero-order chi connectivity index (χ0) is 12.1. The van der Waals surface area contributed by atoms with Gasteiger partial charge in [0.25, 0.3) is 11.6 Å². The van der Waals surface area contributed by atoms with Crippen LogP contribution in [-0.2, 0) is 0 Å². The second kappa shape index (κ2) is 5.64. The van der Waals surface area contributed by atoms with E-state index in [1.807, 2.05) is 6.92 Å². The number of nitrogens with zero attached hydrogens (tertiary/aromatic N) is 2. The Balaban J connectivity index is 2.82. The molecule has 0 aliphatic heterocycles. The van der Waals surface area contributed by atoms with Gasteiger partial charge in [-0.05, 0) is 6.92 Å². The summed E-state index contributed by atoms with van der Waals surface area (Å²) >= 11 is 3.25. The first kappa shape index (κ1) is 12.7. The molecule has 0 unspecified atom stereocenters. The number of aromatic nitrogens is 1. The summed E-state index contributed by atoms with van der Waals surface area (Å²) in [7, 11) is 0. The molecule has 0 fully saturated rings. The van der Waals surface area contributed by atoms with Crippen LogP contribution in [0.2, 0.25) is 0 Å². The van der Waals surface area contributed by atoms with E-state index >= 15 is 0 Å². The van der Waals surface area contributed by atoms with E-state index in [9.17, 15) is 14.9 Å². The van der Waals surface area contributed by atoms with Crippen LogP contribution in [0.3, 0.4) is 0 Å². The van der Waals surface area contributed by atoms with Crippen LogP contribution in [-0.4, -0.2) is 39.1 Å². The monoisotopic (exact) mass is 289 g/mol. The molecule has 7 heteroatoms. The molecule has 0 atom stereocenters. The van der Waals surface area contributed by atoms with Gasteiger partial charge in [0.2, 0.25) is 0 Å². The Morgan fingerprint density at radius 3 is 2.81 bits per heavy atom. The summed E-state index contributed by atoms with van der Waals surface area (Å²) in [5.41, 5.74) is 0.146. The number of H-pyrrole nitrogens is 1. The minimum absolute atomic E-state index is 0.0988. The van der Waals surface area contributed by atoms with Crippen molar-refractivity contribution in [3.05, 3.63) is 28.1 Å². The van der Waals surface area contributed by atoms with Gasteiger partial charge in [-0.3, -0.25) is 14.9 Å². The first-order chi connectivity index (χ1) is 7.60. The number of hydrogen-bond donors (Lipinski definition) is 1. The molecule has 0 saturated heterocycles. The fourth-order valence-electron chi connectivity index (χ4n) is 1.29. The summed E-state index contributed by atoms with van der Waals surface area (Å²) in [5, 5.41) is 11.1. The summed E-state index contributed by atoms with van der Waals surface area (Å²) < 4.78 is 0. The number of hydrogen-bond acceptors (Lipinski definition) is 3. The average molecular weight is 290 g/mol. The van der Waals surface area contributed by atoms with Gasteiger partial charge in [-0.2, -0.15) is 0 Å². The Kier molecular flexibility index (Phi) is 4.48. The molecule has 6 nitrogen and oxygen atoms in total. The van der Waals surface area contributed by atoms with Crippen molar-refractivity contribution in [2.24, 2.45) is 0 Å². The number of carbonyl (C=O) groups is 1. The molecule has 0 saturated carbocycles. The summed E-state index contributed by atoms with van der Waals surface area (Å²) in [6.07, 6.45) is 1.22. The molecule has 88 valence electrons. The zero-order valence-electron chi connectivity index (χ0n) is 8.77. The first-order valence-electron chi connectivity index (χ1n) is 4.78. The van der Waals surface area contributed by atoms with Gasteiger partial charge >= 0.3 is 0 Å². The molecule has 1 aromatic rings. The van der Waals surface area contributed by atoms with Crippen LogP contribution >= 0.6 is 15.9 Å². The molecular weight excluding hydrogens is 278 g/mol. The van der Waals surface area contributed by atoms with E-state index in [1.54, 1.807) is 4.90 Å². The third-order valence-corrected chi connectivity index (χ3v) is 2.49. The van der Waals surface area contributed by atoms with Crippen molar-refractivity contribution < 1.29 is 9.72 Å². The Hall–Kier alpha value is -1.37. The maximum absolute atomic E-state index is 11.9. The second-order valence-electron chi connectivity index (χ2n) is 3.10. The quantitative estimate of drug-likeness (QED) is 0.510. The smallest absolute Gasteiger partial charge is 0.287 e. The van der Waals surface area contributed by atoms with Gasteiger partial charge in [0.15, 0.2) is 0 Å². The van der Waals surface area contributed by atoms with Crippen LogP contribution in [0.15, 0.2) is 12.3 Å². The lowest BCUT2D eigenvalue weighted by atomic mass is 10.3. The highest BCUT2D eigenvalue weighted by Crippen LogP contribution is 2.13. The van der Waals surface area contributed by atoms with Crippen LogP contribution in [0, 0.1) is 10.1 Å². The highest BCUT2D eigenvalue weighted by molar-refractivity contribution is 9.09. The van der Waals surface area contributed by atoms with Crippen molar-refractivity contribution in [2.45, 2.75) is 6.92 Å². The summed E-state index contributed by atoms with van der Waals surface area (Å²) in [4.78, 5) is 26.0. The molecule has 0 radical (unpaired) electrons. The molecule has 0 aliphatic rings. The summed E-state index contributed by atoms with van der Waals surface area (Å²) in [6.45, 7) is 3.00. The number of amides is 1. The molecule has 0 aliphatic carbocycles. The molecule has 0 bridgehead atoms. The lowest BCUT2D eigenvalue weighted by Crippen LogP contribution is -2.32. The molecule has 0 spiro atoms. The number of alkyl halides is 1. The van der Waals surface area contributed by atoms with Crippen LogP contribution < -0.4 is 0 Å². The third kappa shape index (κ3) is 2.82. The first-order valence-corrected chi connectivity index (χ1v) is 5.90. The predicted octanol–water partition coefficient (Wildman–Crippen LogP) is 1.78. The highest BCUT2D eigenvalue weighted by Gasteiger charge is 2.18. The maximum Gasteiger partial charge on any atom is 0.287 e. The minimum atomic E-state index is -0.534. The van der Waals surface area contributed by atoms with Crippen LogP contribution in [0.4, 0.5) is 5.69 Å². The Morgan fingerprint density at radius 2 is 2.38 bits per heavy atom. The normalized spacial score (nSPS) is 10.1. The minimum Gasteiger partial charge on any atom is -0.351 e. The summed E-state index contributed by atoms with van der Waals surface area (Å²) in [6, 6.07) is 1.25. The lowest BCUT2D eigenvalue weighted by Gasteiger charge is -2.18. The fraction of sp³-hybridized carbons (Fsp3) is 0.444. The Morgan fingerprint density at radius 1 is 1.69 bits per heavy atom. The van der Waals surface area contributed by atoms with Crippen LogP contribution in [0.1, 0.15) is 17.4 Å². The Bertz CT molecular complexity index is 391. The zero-order valence-corrected chi connectivity index (χ0v) is 10.4. The van der Waals surface area contributed by atoms with Gasteiger partial charge in [-0.25, -0.2) is 0 Å². The van der Waals surface area contributed by atoms with Crippen molar-refractivity contribution in [1.82, 2.24) is 9.88 Å². The maximum atomic E-state index is 11.9. The summed E-state index contributed by atoms with van der Waals surface area (Å²) in [5.74, 6) is -0.227. The van der Waals surface area contributed by atoms with Gasteiger partial charge < -0.3 is 9.88 Å². The van der Waals surface area contributed by atoms with Gasteiger partial charge in [0.05, 0.1) is 11.1 Å². The van der Waals surface area contributed by atoms with Gasteiger partial charge in [-0.15, -0.1) is 0 Å². The van der Waals surface area contributed by atoms with Crippen molar-refractivity contribution in [3.8, 4) is 0 Å². The van der Waals surface area contributed by atoms with E-state index in [1.165, 1.54) is 12.3 Å². The number of halogens is 1. The number of nitrogens with one attached hydrogen (secondary N) is 1. The number of nitro groups is 1. The van der Waals surface area contributed by atoms with Crippen molar-refractivity contribution in [3.63, 3.8) is 0 Å². The topological polar surface area (TPSA) is 79.2 Å². The number of rotatable bonds is 5. The number of aromatic amines is 1. The molecule has 1 rings (SSSR count). The molecule has 0 aromatic carbocycles. The van der Waals surface area contributed by atoms with Crippen molar-refractivity contribution >= 4 is 27.5 Å². The van der Waals surface area contributed by atoms with E-state index in [-0.39, 0.29) is 17.3 Å². The van der Waals surface area contributed by atoms with E-state index < -0.39 is 4.92 Å². The molecule has 1 heterocycles. The van der Waals surface area contributed by atoms with E-state index in [0.29, 0.717) is 18.4 Å². The lowest BCUT2D eigenvalue weighted by molar-refractivity contribution is -0.384. The third-order valence-electron chi connectivity index (χ3n) is 2.13. The van der Waals surface area contributed by atoms with Crippen LogP contribution in [0.5, 0.6) is 0 Å². The van der Waals surface area contributed by atoms with E-state index in [0.717, 1.165) is 0 Å². The van der Waals surface area contributed by atoms with Crippen LogP contribution in [0.25, 0.3) is 0 Å². The molecule has 1 N–H and O–H groups in total. The molecule has 1 amide bonds. The van der Waals surface area contributed by atoms with Crippen molar-refractivity contribution in [1.29, 1.82) is 0 Å². The Labute approximate surface area is 101 Å². The van der Waals surface area contributed by atoms with Crippen molar-refractivity contribution in [2.75, 3.05) is 18.4 Å². The van der Waals surface area contributed by atoms with Gasteiger partial charge in [0.1, 0.15) is 5.69 Å². The van der Waals surface area contributed by atoms with E-state index in [2.05, 4.69) is 20.9 Å². The predicted molar refractivity (Wildman–Crippen MR) is 62.8 cm³/mol. The fourth-order valence-corrected chi connectivity index (χ4v) is 1.72. The molecular formula is C9H12BrN3O3. The SMILES string of the molecule is CCN(CCBr)C(=O)c1cc([N+](=O)[O-])c[nH]1. The average Bonchev–Trinajstić information content (AvgIpc) is 2.74. The van der Waals surface area contributed by atoms with Gasteiger partial charge in [-0.1, -0.05) is 15.9 Å². The standard InChI is InChI=1S/C9H12BrN3O3/c1-2-12(4-3-10)9(14)8-5-7(6-11-8)13(15)16/h5-6,11H,2-4H2,1H3. The highest BCUT2D eigenvalue weighted by atomic mass is 79.9. The van der Waals surface area contributed by atoms with E-state index in [4.69, 9.17) is 0 Å². The van der Waals surface area contributed by atoms with Gasteiger partial charge in [0, 0.05) is 24.5 Å².